The molecule has 25 heavy (non-hydrogen) atoms. The summed E-state index contributed by atoms with van der Waals surface area (Å²) in [6, 6.07) is 6.91. The van der Waals surface area contributed by atoms with Crippen molar-refractivity contribution in [1.29, 1.82) is 0 Å². The maximum atomic E-state index is 12.7. The van der Waals surface area contributed by atoms with E-state index in [1.165, 1.54) is 28.1 Å². The summed E-state index contributed by atoms with van der Waals surface area (Å²) in [5, 5.41) is 15.8. The summed E-state index contributed by atoms with van der Waals surface area (Å²) in [6.07, 6.45) is -0.269. The molecular formula is C18H24N2O5. The lowest BCUT2D eigenvalue weighted by Gasteiger charge is -2.44. The van der Waals surface area contributed by atoms with Gasteiger partial charge in [-0.25, -0.2) is 0 Å². The van der Waals surface area contributed by atoms with Gasteiger partial charge in [0.2, 0.25) is 11.8 Å². The zero-order chi connectivity index (χ0) is 18.8. The molecule has 7 nitrogen and oxygen atoms in total. The second kappa shape index (κ2) is 7.23. The van der Waals surface area contributed by atoms with Gasteiger partial charge in [0.1, 0.15) is 17.5 Å². The van der Waals surface area contributed by atoms with E-state index in [0.717, 1.165) is 0 Å². The van der Waals surface area contributed by atoms with E-state index in [2.05, 4.69) is 10.6 Å². The summed E-state index contributed by atoms with van der Waals surface area (Å²) in [6.45, 7) is 1.45. The average Bonchev–Trinajstić information content (AvgIpc) is 2.59. The van der Waals surface area contributed by atoms with Gasteiger partial charge in [0, 0.05) is 26.4 Å². The van der Waals surface area contributed by atoms with Crippen LogP contribution < -0.4 is 15.4 Å². The van der Waals surface area contributed by atoms with E-state index in [1.54, 1.807) is 24.3 Å². The Morgan fingerprint density at radius 2 is 1.80 bits per heavy atom. The minimum atomic E-state index is -1.58. The van der Waals surface area contributed by atoms with E-state index in [4.69, 9.17) is 4.74 Å². The predicted molar refractivity (Wildman–Crippen MR) is 91.1 cm³/mol. The van der Waals surface area contributed by atoms with Crippen LogP contribution in [0.1, 0.15) is 24.8 Å². The summed E-state index contributed by atoms with van der Waals surface area (Å²) in [7, 11) is 4.38. The smallest absolute Gasteiger partial charge is 0.230 e. The molecule has 0 aromatic heterocycles. The van der Waals surface area contributed by atoms with Crippen molar-refractivity contribution in [3.8, 4) is 5.75 Å². The van der Waals surface area contributed by atoms with Gasteiger partial charge in [-0.2, -0.15) is 0 Å². The number of aliphatic hydroxyl groups is 1. The van der Waals surface area contributed by atoms with Crippen molar-refractivity contribution < 1.29 is 24.2 Å². The molecular weight excluding hydrogens is 324 g/mol. The highest BCUT2D eigenvalue weighted by molar-refractivity contribution is 6.05. The van der Waals surface area contributed by atoms with Crippen LogP contribution >= 0.6 is 0 Å². The van der Waals surface area contributed by atoms with Gasteiger partial charge in [0.15, 0.2) is 0 Å². The lowest BCUT2D eigenvalue weighted by atomic mass is 9.61. The van der Waals surface area contributed by atoms with Gasteiger partial charge in [-0.3, -0.25) is 14.4 Å². The van der Waals surface area contributed by atoms with E-state index in [9.17, 15) is 19.5 Å². The number of benzene rings is 1. The lowest BCUT2D eigenvalue weighted by Crippen LogP contribution is -2.57. The molecule has 2 amide bonds. The summed E-state index contributed by atoms with van der Waals surface area (Å²) < 4.78 is 5.37. The molecule has 1 saturated carbocycles. The van der Waals surface area contributed by atoms with Crippen LogP contribution in [-0.4, -0.2) is 49.5 Å². The maximum Gasteiger partial charge on any atom is 0.230 e. The molecule has 0 bridgehead atoms. The fraction of sp³-hybridized carbons (Fsp3) is 0.500. The first kappa shape index (κ1) is 18.9. The molecule has 0 radical (unpaired) electrons. The van der Waals surface area contributed by atoms with Crippen molar-refractivity contribution in [2.45, 2.75) is 24.9 Å². The van der Waals surface area contributed by atoms with Gasteiger partial charge < -0.3 is 20.5 Å². The average molecular weight is 348 g/mol. The Bertz CT molecular complexity index is 686. The lowest BCUT2D eigenvalue weighted by molar-refractivity contribution is -0.154. The number of hydrogen-bond donors (Lipinski definition) is 3. The minimum Gasteiger partial charge on any atom is -0.496 e. The van der Waals surface area contributed by atoms with E-state index in [-0.39, 0.29) is 6.42 Å². The standard InChI is InChI=1S/C18H24N2O5/c1-18(24)9-11(21)14(16(22)19-2)13(15(18)17(23)20-3)10-7-5-6-8-12(10)25-4/h5-8,13-15,24H,9H2,1-4H3,(H,19,22)(H,20,23). The number of para-hydroxylation sites is 1. The molecule has 1 aliphatic rings. The summed E-state index contributed by atoms with van der Waals surface area (Å²) >= 11 is 0. The van der Waals surface area contributed by atoms with E-state index in [1.807, 2.05) is 0 Å². The van der Waals surface area contributed by atoms with Crippen LogP contribution in [0.15, 0.2) is 24.3 Å². The van der Waals surface area contributed by atoms with Crippen molar-refractivity contribution in [2.75, 3.05) is 21.2 Å². The second-order valence-corrected chi connectivity index (χ2v) is 6.45. The van der Waals surface area contributed by atoms with Gasteiger partial charge in [0.05, 0.1) is 18.6 Å². The van der Waals surface area contributed by atoms with Crippen LogP contribution in [0.25, 0.3) is 0 Å². The molecule has 3 N–H and O–H groups in total. The Morgan fingerprint density at radius 1 is 1.20 bits per heavy atom. The molecule has 1 aromatic rings. The van der Waals surface area contributed by atoms with Crippen molar-refractivity contribution in [2.24, 2.45) is 11.8 Å². The van der Waals surface area contributed by atoms with E-state index < -0.39 is 41.0 Å². The summed E-state index contributed by atoms with van der Waals surface area (Å²) in [4.78, 5) is 37.7. The molecule has 1 aromatic carbocycles. The van der Waals surface area contributed by atoms with Crippen molar-refractivity contribution >= 4 is 17.6 Å². The molecule has 4 unspecified atom stereocenters. The Morgan fingerprint density at radius 3 is 2.36 bits per heavy atom. The molecule has 0 saturated heterocycles. The van der Waals surface area contributed by atoms with Gasteiger partial charge >= 0.3 is 0 Å². The molecule has 1 fully saturated rings. The number of rotatable bonds is 4. The molecule has 7 heteroatoms. The zero-order valence-corrected chi connectivity index (χ0v) is 14.8. The third-order valence-electron chi connectivity index (χ3n) is 4.82. The van der Waals surface area contributed by atoms with Crippen LogP contribution in [0.3, 0.4) is 0 Å². The molecule has 136 valence electrons. The minimum absolute atomic E-state index is 0.269. The maximum absolute atomic E-state index is 12.7. The molecule has 1 aliphatic carbocycles. The first-order chi connectivity index (χ1) is 11.8. The van der Waals surface area contributed by atoms with Crippen molar-refractivity contribution in [1.82, 2.24) is 10.6 Å². The number of hydrogen-bond acceptors (Lipinski definition) is 5. The molecule has 2 rings (SSSR count). The first-order valence-corrected chi connectivity index (χ1v) is 8.09. The molecule has 0 aliphatic heterocycles. The Hall–Kier alpha value is -2.41. The van der Waals surface area contributed by atoms with Gasteiger partial charge in [-0.1, -0.05) is 18.2 Å². The molecule has 0 spiro atoms. The van der Waals surface area contributed by atoms with Crippen LogP contribution in [0.5, 0.6) is 5.75 Å². The van der Waals surface area contributed by atoms with Gasteiger partial charge in [0.25, 0.3) is 0 Å². The third kappa shape index (κ3) is 3.37. The second-order valence-electron chi connectivity index (χ2n) is 6.45. The van der Waals surface area contributed by atoms with Crippen LogP contribution in [0.4, 0.5) is 0 Å². The number of carbonyl (C=O) groups excluding carboxylic acids is 3. The zero-order valence-electron chi connectivity index (χ0n) is 14.8. The largest absolute Gasteiger partial charge is 0.496 e. The Kier molecular flexibility index (Phi) is 5.47. The monoisotopic (exact) mass is 348 g/mol. The fourth-order valence-corrected chi connectivity index (χ4v) is 3.72. The highest BCUT2D eigenvalue weighted by Crippen LogP contribution is 2.48. The van der Waals surface area contributed by atoms with Crippen LogP contribution in [0.2, 0.25) is 0 Å². The number of amides is 2. The number of ether oxygens (including phenoxy) is 1. The van der Waals surface area contributed by atoms with Crippen molar-refractivity contribution in [3.05, 3.63) is 29.8 Å². The van der Waals surface area contributed by atoms with Crippen molar-refractivity contribution in [3.63, 3.8) is 0 Å². The van der Waals surface area contributed by atoms with E-state index >= 15 is 0 Å². The van der Waals surface area contributed by atoms with Crippen LogP contribution in [0, 0.1) is 11.8 Å². The number of ketones is 1. The third-order valence-corrected chi connectivity index (χ3v) is 4.82. The number of Topliss-reactive ketones (excluding diaryl/α,β-unsaturated/α-hetero) is 1. The molecule has 4 atom stereocenters. The quantitative estimate of drug-likeness (QED) is 0.676. The molecule has 0 heterocycles. The topological polar surface area (TPSA) is 105 Å². The number of methoxy groups -OCH3 is 1. The van der Waals surface area contributed by atoms with E-state index in [0.29, 0.717) is 11.3 Å². The number of nitrogens with one attached hydrogen (secondary N) is 2. The predicted octanol–water partition coefficient (Wildman–Crippen LogP) is 0.227. The van der Waals surface area contributed by atoms with Gasteiger partial charge in [-0.15, -0.1) is 0 Å². The Labute approximate surface area is 146 Å². The summed E-state index contributed by atoms with van der Waals surface area (Å²) in [5.74, 6) is -3.75. The highest BCUT2D eigenvalue weighted by atomic mass is 16.5. The Balaban J connectivity index is 2.71. The SMILES string of the molecule is CNC(=O)C1C(=O)CC(C)(O)C(C(=O)NC)C1c1ccccc1OC. The summed E-state index contributed by atoms with van der Waals surface area (Å²) in [5.41, 5.74) is -1.03. The normalized spacial score (nSPS) is 29.0. The highest BCUT2D eigenvalue weighted by Gasteiger charge is 2.56. The van der Waals surface area contributed by atoms with Crippen LogP contribution in [-0.2, 0) is 14.4 Å². The first-order valence-electron chi connectivity index (χ1n) is 8.09. The number of carbonyl (C=O) groups is 3. The fourth-order valence-electron chi connectivity index (χ4n) is 3.72. The van der Waals surface area contributed by atoms with Gasteiger partial charge in [-0.05, 0) is 18.6 Å².